The highest BCUT2D eigenvalue weighted by atomic mass is 32.2. The molecule has 0 amide bonds. The van der Waals surface area contributed by atoms with Crippen molar-refractivity contribution in [2.24, 2.45) is 4.99 Å². The summed E-state index contributed by atoms with van der Waals surface area (Å²) in [7, 11) is -3.50. The van der Waals surface area contributed by atoms with Gasteiger partial charge in [0.1, 0.15) is 4.92 Å². The average Bonchev–Trinajstić information content (AvgIpc) is 3.03. The van der Waals surface area contributed by atoms with Gasteiger partial charge in [-0.25, -0.2) is 8.42 Å². The Kier molecular flexibility index (Phi) is 5.47. The number of hydrogen-bond acceptors (Lipinski definition) is 6. The zero-order valence-corrected chi connectivity index (χ0v) is 14.1. The Bertz CT molecular complexity index is 836. The van der Waals surface area contributed by atoms with E-state index in [2.05, 4.69) is 4.99 Å². The van der Waals surface area contributed by atoms with Crippen molar-refractivity contribution in [3.05, 3.63) is 52.3 Å². The summed E-state index contributed by atoms with van der Waals surface area (Å²) in [6.07, 6.45) is 1.33. The van der Waals surface area contributed by atoms with Crippen LogP contribution in [-0.2, 0) is 10.0 Å². The van der Waals surface area contributed by atoms with Crippen LogP contribution in [0.5, 0.6) is 0 Å². The van der Waals surface area contributed by atoms with Crippen LogP contribution in [0.15, 0.2) is 50.7 Å². The summed E-state index contributed by atoms with van der Waals surface area (Å²) in [4.78, 5) is 14.2. The molecule has 1 aromatic carbocycles. The van der Waals surface area contributed by atoms with Crippen LogP contribution in [-0.4, -0.2) is 37.0 Å². The molecule has 0 fully saturated rings. The lowest BCUT2D eigenvalue weighted by molar-refractivity contribution is -0.402. The molecule has 0 N–H and O–H groups in total. The zero-order valence-electron chi connectivity index (χ0n) is 13.2. The van der Waals surface area contributed by atoms with E-state index >= 15 is 0 Å². The highest BCUT2D eigenvalue weighted by Gasteiger charge is 2.21. The SMILES string of the molecule is CCN(CC)S(=O)(=O)c1ccc(N=Cc2ccc([N+](=O)[O-])o2)cc1. The predicted molar refractivity (Wildman–Crippen MR) is 89.2 cm³/mol. The molecule has 0 spiro atoms. The first-order valence-electron chi connectivity index (χ1n) is 7.27. The molecule has 2 rings (SSSR count). The fourth-order valence-electron chi connectivity index (χ4n) is 2.06. The van der Waals surface area contributed by atoms with Gasteiger partial charge in [-0.05, 0) is 30.3 Å². The quantitative estimate of drug-likeness (QED) is 0.433. The number of rotatable bonds is 7. The van der Waals surface area contributed by atoms with Gasteiger partial charge in [-0.1, -0.05) is 13.8 Å². The van der Waals surface area contributed by atoms with E-state index in [0.717, 1.165) is 0 Å². The Hall–Kier alpha value is -2.52. The van der Waals surface area contributed by atoms with Crippen LogP contribution in [0.3, 0.4) is 0 Å². The summed E-state index contributed by atoms with van der Waals surface area (Å²) in [5.74, 6) is -0.126. The van der Waals surface area contributed by atoms with Crippen molar-refractivity contribution >= 4 is 27.8 Å². The molecule has 0 radical (unpaired) electrons. The average molecular weight is 351 g/mol. The van der Waals surface area contributed by atoms with Crippen molar-refractivity contribution < 1.29 is 17.8 Å². The summed E-state index contributed by atoms with van der Waals surface area (Å²) >= 11 is 0. The monoisotopic (exact) mass is 351 g/mol. The van der Waals surface area contributed by atoms with E-state index in [4.69, 9.17) is 4.42 Å². The smallest absolute Gasteiger partial charge is 0.400 e. The van der Waals surface area contributed by atoms with Gasteiger partial charge in [-0.15, -0.1) is 0 Å². The molecule has 0 saturated heterocycles. The van der Waals surface area contributed by atoms with Gasteiger partial charge in [0.2, 0.25) is 10.0 Å². The summed E-state index contributed by atoms with van der Waals surface area (Å²) in [6, 6.07) is 8.74. The predicted octanol–water partition coefficient (Wildman–Crippen LogP) is 2.97. The number of sulfonamides is 1. The summed E-state index contributed by atoms with van der Waals surface area (Å²) in [5.41, 5.74) is 0.507. The van der Waals surface area contributed by atoms with Gasteiger partial charge in [0, 0.05) is 13.1 Å². The highest BCUT2D eigenvalue weighted by molar-refractivity contribution is 7.89. The van der Waals surface area contributed by atoms with E-state index in [-0.39, 0.29) is 16.5 Å². The van der Waals surface area contributed by atoms with Crippen LogP contribution in [0.1, 0.15) is 19.6 Å². The van der Waals surface area contributed by atoms with E-state index in [1.807, 2.05) is 0 Å². The molecule has 0 bridgehead atoms. The van der Waals surface area contributed by atoms with Crippen molar-refractivity contribution in [3.8, 4) is 0 Å². The lowest BCUT2D eigenvalue weighted by atomic mass is 10.3. The Morgan fingerprint density at radius 1 is 1.17 bits per heavy atom. The second kappa shape index (κ2) is 7.37. The first-order chi connectivity index (χ1) is 11.4. The summed E-state index contributed by atoms with van der Waals surface area (Å²) in [5, 5.41) is 10.5. The minimum Gasteiger partial charge on any atom is -0.400 e. The zero-order chi connectivity index (χ0) is 17.7. The van der Waals surface area contributed by atoms with Crippen molar-refractivity contribution in [2.45, 2.75) is 18.7 Å². The number of furan rings is 1. The molecular weight excluding hydrogens is 334 g/mol. The molecule has 2 aromatic rings. The Morgan fingerprint density at radius 2 is 1.79 bits per heavy atom. The Morgan fingerprint density at radius 3 is 2.29 bits per heavy atom. The lowest BCUT2D eigenvalue weighted by Crippen LogP contribution is -2.30. The molecule has 1 heterocycles. The van der Waals surface area contributed by atoms with Crippen molar-refractivity contribution in [1.29, 1.82) is 0 Å². The molecule has 0 unspecified atom stereocenters. The third-order valence-corrected chi connectivity index (χ3v) is 5.38. The van der Waals surface area contributed by atoms with Gasteiger partial charge < -0.3 is 4.42 Å². The molecule has 128 valence electrons. The third kappa shape index (κ3) is 3.87. The van der Waals surface area contributed by atoms with Crippen LogP contribution in [0.4, 0.5) is 11.6 Å². The molecular formula is C15H17N3O5S. The van der Waals surface area contributed by atoms with Gasteiger partial charge in [-0.2, -0.15) is 4.31 Å². The standard InChI is InChI=1S/C15H17N3O5S/c1-3-17(4-2)24(21,22)14-8-5-12(6-9-14)16-11-13-7-10-15(23-13)18(19)20/h5-11H,3-4H2,1-2H3. The minimum absolute atomic E-state index is 0.193. The fourth-order valence-corrected chi connectivity index (χ4v) is 3.52. The van der Waals surface area contributed by atoms with Gasteiger partial charge in [0.05, 0.1) is 22.9 Å². The summed E-state index contributed by atoms with van der Waals surface area (Å²) < 4.78 is 31.0. The molecule has 1 aromatic heterocycles. The first-order valence-corrected chi connectivity index (χ1v) is 8.71. The fraction of sp³-hybridized carbons (Fsp3) is 0.267. The van der Waals surface area contributed by atoms with Crippen LogP contribution < -0.4 is 0 Å². The van der Waals surface area contributed by atoms with E-state index in [1.165, 1.54) is 34.8 Å². The van der Waals surface area contributed by atoms with Crippen molar-refractivity contribution in [3.63, 3.8) is 0 Å². The normalized spacial score (nSPS) is 12.1. The highest BCUT2D eigenvalue weighted by Crippen LogP contribution is 2.20. The lowest BCUT2D eigenvalue weighted by Gasteiger charge is -2.18. The number of nitrogens with zero attached hydrogens (tertiary/aromatic N) is 3. The van der Waals surface area contributed by atoms with Crippen LogP contribution in [0.25, 0.3) is 0 Å². The van der Waals surface area contributed by atoms with E-state index < -0.39 is 14.9 Å². The molecule has 0 aliphatic carbocycles. The minimum atomic E-state index is -3.50. The second-order valence-electron chi connectivity index (χ2n) is 4.77. The van der Waals surface area contributed by atoms with Crippen LogP contribution in [0, 0.1) is 10.1 Å². The maximum absolute atomic E-state index is 12.4. The van der Waals surface area contributed by atoms with Crippen LogP contribution in [0.2, 0.25) is 0 Å². The molecule has 0 atom stereocenters. The molecule has 0 aliphatic heterocycles. The maximum Gasteiger partial charge on any atom is 0.433 e. The summed E-state index contributed by atoms with van der Waals surface area (Å²) in [6.45, 7) is 4.36. The molecule has 0 saturated carbocycles. The topological polar surface area (TPSA) is 106 Å². The van der Waals surface area contributed by atoms with E-state index in [1.54, 1.807) is 26.0 Å². The van der Waals surface area contributed by atoms with Gasteiger partial charge >= 0.3 is 5.88 Å². The second-order valence-corrected chi connectivity index (χ2v) is 6.71. The van der Waals surface area contributed by atoms with E-state index in [0.29, 0.717) is 18.8 Å². The van der Waals surface area contributed by atoms with Gasteiger partial charge in [0.15, 0.2) is 5.76 Å². The van der Waals surface area contributed by atoms with Crippen molar-refractivity contribution in [1.82, 2.24) is 4.31 Å². The van der Waals surface area contributed by atoms with Gasteiger partial charge in [-0.3, -0.25) is 15.1 Å². The molecule has 24 heavy (non-hydrogen) atoms. The maximum atomic E-state index is 12.4. The van der Waals surface area contributed by atoms with E-state index in [9.17, 15) is 18.5 Å². The number of hydrogen-bond donors (Lipinski definition) is 0. The van der Waals surface area contributed by atoms with Crippen molar-refractivity contribution in [2.75, 3.05) is 13.1 Å². The van der Waals surface area contributed by atoms with Gasteiger partial charge in [0.25, 0.3) is 0 Å². The Balaban J connectivity index is 2.17. The Labute approximate surface area is 139 Å². The number of benzene rings is 1. The molecule has 9 heteroatoms. The van der Waals surface area contributed by atoms with Crippen LogP contribution >= 0.6 is 0 Å². The largest absolute Gasteiger partial charge is 0.433 e. The number of aliphatic imine (C=N–C) groups is 1. The first kappa shape index (κ1) is 17.8. The molecule has 8 nitrogen and oxygen atoms in total. The third-order valence-electron chi connectivity index (χ3n) is 3.31. The molecule has 0 aliphatic rings. The number of nitro groups is 1.